The SMILES string of the molecule is CN(C)C(=O)[C@@H](c1ccc(-c2ccc(F)cc2)cc1)[C@H](N)C(=O)N1CC[C@@H](F)C1. The molecule has 1 heterocycles. The average Bonchev–Trinajstić information content (AvgIpc) is 3.15. The van der Waals surface area contributed by atoms with Crippen LogP contribution in [0.4, 0.5) is 8.78 Å². The highest BCUT2D eigenvalue weighted by molar-refractivity contribution is 5.93. The van der Waals surface area contributed by atoms with Crippen molar-refractivity contribution in [3.05, 3.63) is 59.9 Å². The molecule has 3 rings (SSSR count). The highest BCUT2D eigenvalue weighted by atomic mass is 19.1. The molecule has 1 aliphatic rings. The summed E-state index contributed by atoms with van der Waals surface area (Å²) in [5.41, 5.74) is 8.51. The molecule has 1 fully saturated rings. The summed E-state index contributed by atoms with van der Waals surface area (Å²) in [6.45, 7) is 0.318. The molecule has 1 saturated heterocycles. The standard InChI is InChI=1S/C22H25F2N3O2/c1-26(2)21(28)19(20(25)22(29)27-12-11-18(24)13-27)16-5-3-14(4-6-16)15-7-9-17(23)10-8-15/h3-10,18-20H,11-13,25H2,1-2H3/t18-,19+,20+/m1/s1. The number of nitrogens with two attached hydrogens (primary N) is 1. The minimum absolute atomic E-state index is 0.0128. The third-order valence-electron chi connectivity index (χ3n) is 5.24. The second-order valence-electron chi connectivity index (χ2n) is 7.54. The first kappa shape index (κ1) is 20.9. The van der Waals surface area contributed by atoms with Gasteiger partial charge in [0.2, 0.25) is 11.8 Å². The van der Waals surface area contributed by atoms with Gasteiger partial charge in [0.15, 0.2) is 0 Å². The van der Waals surface area contributed by atoms with Crippen LogP contribution in [-0.2, 0) is 9.59 Å². The summed E-state index contributed by atoms with van der Waals surface area (Å²) in [7, 11) is 3.21. The largest absolute Gasteiger partial charge is 0.348 e. The van der Waals surface area contributed by atoms with Crippen molar-refractivity contribution in [2.75, 3.05) is 27.2 Å². The molecule has 0 aliphatic carbocycles. The van der Waals surface area contributed by atoms with Crippen molar-refractivity contribution in [2.24, 2.45) is 5.73 Å². The van der Waals surface area contributed by atoms with Crippen molar-refractivity contribution in [1.82, 2.24) is 9.80 Å². The Morgan fingerprint density at radius 1 is 1.07 bits per heavy atom. The monoisotopic (exact) mass is 401 g/mol. The molecular weight excluding hydrogens is 376 g/mol. The maximum atomic E-state index is 13.5. The molecule has 3 atom stereocenters. The van der Waals surface area contributed by atoms with Crippen molar-refractivity contribution in [1.29, 1.82) is 0 Å². The zero-order valence-corrected chi connectivity index (χ0v) is 16.5. The average molecular weight is 401 g/mol. The van der Waals surface area contributed by atoms with Gasteiger partial charge in [0.25, 0.3) is 0 Å². The van der Waals surface area contributed by atoms with Crippen LogP contribution in [0.5, 0.6) is 0 Å². The number of likely N-dealkylation sites (N-methyl/N-ethyl adjacent to an activating group) is 1. The summed E-state index contributed by atoms with van der Waals surface area (Å²) in [5.74, 6) is -1.91. The summed E-state index contributed by atoms with van der Waals surface area (Å²) in [4.78, 5) is 28.4. The number of rotatable bonds is 5. The minimum atomic E-state index is -1.10. The van der Waals surface area contributed by atoms with E-state index in [0.29, 0.717) is 12.1 Å². The van der Waals surface area contributed by atoms with Crippen molar-refractivity contribution in [3.8, 4) is 11.1 Å². The molecule has 2 N–H and O–H groups in total. The van der Waals surface area contributed by atoms with Crippen LogP contribution < -0.4 is 5.73 Å². The van der Waals surface area contributed by atoms with E-state index in [-0.39, 0.29) is 24.7 Å². The molecule has 0 saturated carbocycles. The van der Waals surface area contributed by atoms with E-state index in [2.05, 4.69) is 0 Å². The number of carbonyl (C=O) groups excluding carboxylic acids is 2. The van der Waals surface area contributed by atoms with Gasteiger partial charge < -0.3 is 15.5 Å². The first-order valence-corrected chi connectivity index (χ1v) is 9.53. The number of carbonyl (C=O) groups is 2. The second-order valence-corrected chi connectivity index (χ2v) is 7.54. The Bertz CT molecular complexity index is 869. The Hall–Kier alpha value is -2.80. The highest BCUT2D eigenvalue weighted by Crippen LogP contribution is 2.27. The maximum Gasteiger partial charge on any atom is 0.240 e. The third kappa shape index (κ3) is 4.62. The Morgan fingerprint density at radius 3 is 2.10 bits per heavy atom. The number of amides is 2. The van der Waals surface area contributed by atoms with E-state index in [1.165, 1.54) is 21.9 Å². The van der Waals surface area contributed by atoms with Gasteiger partial charge in [-0.15, -0.1) is 0 Å². The van der Waals surface area contributed by atoms with E-state index in [1.54, 1.807) is 38.4 Å². The predicted molar refractivity (Wildman–Crippen MR) is 107 cm³/mol. The van der Waals surface area contributed by atoms with Crippen LogP contribution in [0.3, 0.4) is 0 Å². The molecule has 0 bridgehead atoms. The van der Waals surface area contributed by atoms with Crippen LogP contribution in [0, 0.1) is 5.82 Å². The van der Waals surface area contributed by atoms with Gasteiger partial charge in [-0.2, -0.15) is 0 Å². The fourth-order valence-corrected chi connectivity index (χ4v) is 3.58. The lowest BCUT2D eigenvalue weighted by Gasteiger charge is -2.28. The van der Waals surface area contributed by atoms with Crippen molar-refractivity contribution >= 4 is 11.8 Å². The fraction of sp³-hybridized carbons (Fsp3) is 0.364. The van der Waals surface area contributed by atoms with Gasteiger partial charge in [-0.1, -0.05) is 36.4 Å². The van der Waals surface area contributed by atoms with Crippen LogP contribution in [0.2, 0.25) is 0 Å². The van der Waals surface area contributed by atoms with Crippen molar-refractivity contribution in [2.45, 2.75) is 24.6 Å². The number of likely N-dealkylation sites (tertiary alicyclic amines) is 1. The molecule has 0 aromatic heterocycles. The predicted octanol–water partition coefficient (Wildman–Crippen LogP) is 2.56. The number of hydrogen-bond donors (Lipinski definition) is 1. The summed E-state index contributed by atoms with van der Waals surface area (Å²) in [5, 5.41) is 0. The quantitative estimate of drug-likeness (QED) is 0.837. The van der Waals surface area contributed by atoms with E-state index in [0.717, 1.165) is 11.1 Å². The lowest BCUT2D eigenvalue weighted by Crippen LogP contribution is -2.50. The molecule has 29 heavy (non-hydrogen) atoms. The van der Waals surface area contributed by atoms with Crippen LogP contribution in [-0.4, -0.2) is 61.0 Å². The van der Waals surface area contributed by atoms with Crippen LogP contribution in [0.1, 0.15) is 17.9 Å². The Morgan fingerprint density at radius 2 is 1.62 bits per heavy atom. The minimum Gasteiger partial charge on any atom is -0.348 e. The van der Waals surface area contributed by atoms with E-state index in [1.807, 2.05) is 12.1 Å². The van der Waals surface area contributed by atoms with E-state index >= 15 is 0 Å². The number of nitrogens with zero attached hydrogens (tertiary/aromatic N) is 2. The van der Waals surface area contributed by atoms with Crippen molar-refractivity contribution in [3.63, 3.8) is 0 Å². The Balaban J connectivity index is 1.87. The zero-order valence-electron chi connectivity index (χ0n) is 16.5. The van der Waals surface area contributed by atoms with Gasteiger partial charge in [0, 0.05) is 20.6 Å². The van der Waals surface area contributed by atoms with Gasteiger partial charge >= 0.3 is 0 Å². The molecule has 154 valence electrons. The van der Waals surface area contributed by atoms with Crippen LogP contribution >= 0.6 is 0 Å². The van der Waals surface area contributed by atoms with Crippen LogP contribution in [0.15, 0.2) is 48.5 Å². The van der Waals surface area contributed by atoms with E-state index in [9.17, 15) is 18.4 Å². The van der Waals surface area contributed by atoms with Gasteiger partial charge in [0.05, 0.1) is 12.5 Å². The molecule has 5 nitrogen and oxygen atoms in total. The highest BCUT2D eigenvalue weighted by Gasteiger charge is 2.37. The molecule has 2 aromatic carbocycles. The summed E-state index contributed by atoms with van der Waals surface area (Å²) in [6, 6.07) is 12.1. The number of alkyl halides is 1. The zero-order chi connectivity index (χ0) is 21.1. The smallest absolute Gasteiger partial charge is 0.240 e. The molecule has 7 heteroatoms. The summed E-state index contributed by atoms with van der Waals surface area (Å²) < 4.78 is 26.6. The molecule has 0 radical (unpaired) electrons. The van der Waals surface area contributed by atoms with Gasteiger partial charge in [-0.05, 0) is 35.2 Å². The van der Waals surface area contributed by atoms with Crippen molar-refractivity contribution < 1.29 is 18.4 Å². The first-order valence-electron chi connectivity index (χ1n) is 9.53. The second kappa shape index (κ2) is 8.69. The lowest BCUT2D eigenvalue weighted by atomic mass is 9.88. The third-order valence-corrected chi connectivity index (χ3v) is 5.24. The molecule has 0 unspecified atom stereocenters. The normalized spacial score (nSPS) is 18.4. The fourth-order valence-electron chi connectivity index (χ4n) is 3.58. The number of benzene rings is 2. The van der Waals surface area contributed by atoms with Gasteiger partial charge in [-0.25, -0.2) is 8.78 Å². The summed E-state index contributed by atoms with van der Waals surface area (Å²) >= 11 is 0. The Labute approximate surface area is 169 Å². The van der Waals surface area contributed by atoms with Gasteiger partial charge in [-0.3, -0.25) is 9.59 Å². The van der Waals surface area contributed by atoms with Crippen LogP contribution in [0.25, 0.3) is 11.1 Å². The maximum absolute atomic E-state index is 13.5. The molecule has 2 amide bonds. The van der Waals surface area contributed by atoms with Gasteiger partial charge in [0.1, 0.15) is 18.0 Å². The molecular formula is C22H25F2N3O2. The van der Waals surface area contributed by atoms with E-state index < -0.39 is 24.0 Å². The molecule has 0 spiro atoms. The molecule has 2 aromatic rings. The van der Waals surface area contributed by atoms with E-state index in [4.69, 9.17) is 5.73 Å². The first-order chi connectivity index (χ1) is 13.8. The Kier molecular flexibility index (Phi) is 6.27. The lowest BCUT2D eigenvalue weighted by molar-refractivity contribution is -0.138. The molecule has 1 aliphatic heterocycles. The summed E-state index contributed by atoms with van der Waals surface area (Å²) in [6.07, 6.45) is -0.763. The topological polar surface area (TPSA) is 66.6 Å². The number of hydrogen-bond acceptors (Lipinski definition) is 3. The number of halogens is 2.